The van der Waals surface area contributed by atoms with Gasteiger partial charge < -0.3 is 9.30 Å². The summed E-state index contributed by atoms with van der Waals surface area (Å²) in [6.45, 7) is 5.31. The van der Waals surface area contributed by atoms with Crippen LogP contribution in [0.4, 0.5) is 0 Å². The van der Waals surface area contributed by atoms with Crippen LogP contribution >= 0.6 is 11.8 Å². The zero-order valence-electron chi connectivity index (χ0n) is 16.4. The number of aromatic nitrogens is 3. The number of hydrogen-bond acceptors (Lipinski definition) is 6. The van der Waals surface area contributed by atoms with Crippen molar-refractivity contribution >= 4 is 23.9 Å². The average molecular weight is 410 g/mol. The second-order valence-corrected chi connectivity index (χ2v) is 6.94. The molecule has 0 atom stereocenters. The number of benzene rings is 2. The molecule has 1 amide bonds. The second kappa shape index (κ2) is 10.4. The number of ether oxygens (including phenoxy) is 1. The molecule has 150 valence electrons. The van der Waals surface area contributed by atoms with E-state index >= 15 is 0 Å². The molecule has 0 unspecified atom stereocenters. The molecule has 0 saturated heterocycles. The fraction of sp³-hybridized carbons (Fsp3) is 0.238. The van der Waals surface area contributed by atoms with Crippen molar-refractivity contribution in [2.45, 2.75) is 25.5 Å². The monoisotopic (exact) mass is 409 g/mol. The Kier molecular flexibility index (Phi) is 7.40. The topological polar surface area (TPSA) is 81.4 Å². The normalized spacial score (nSPS) is 11.0. The van der Waals surface area contributed by atoms with Gasteiger partial charge in [-0.05, 0) is 43.7 Å². The van der Waals surface area contributed by atoms with Gasteiger partial charge >= 0.3 is 0 Å². The molecule has 7 nitrogen and oxygen atoms in total. The largest absolute Gasteiger partial charge is 0.494 e. The van der Waals surface area contributed by atoms with Gasteiger partial charge in [0.15, 0.2) is 11.0 Å². The van der Waals surface area contributed by atoms with Crippen molar-refractivity contribution in [3.63, 3.8) is 0 Å². The third-order valence-corrected chi connectivity index (χ3v) is 4.96. The van der Waals surface area contributed by atoms with Crippen molar-refractivity contribution in [1.29, 1.82) is 0 Å². The lowest BCUT2D eigenvalue weighted by atomic mass is 10.2. The average Bonchev–Trinajstić information content (AvgIpc) is 3.17. The Morgan fingerprint density at radius 3 is 2.59 bits per heavy atom. The Morgan fingerprint density at radius 1 is 1.14 bits per heavy atom. The predicted octanol–water partition coefficient (Wildman–Crippen LogP) is 3.61. The van der Waals surface area contributed by atoms with Crippen molar-refractivity contribution in [2.24, 2.45) is 5.10 Å². The number of carbonyl (C=O) groups excluding carboxylic acids is 1. The third kappa shape index (κ3) is 5.68. The van der Waals surface area contributed by atoms with E-state index in [0.717, 1.165) is 29.2 Å². The quantitative estimate of drug-likeness (QED) is 0.332. The molecule has 0 radical (unpaired) electrons. The number of nitrogens with one attached hydrogen (secondary N) is 1. The minimum absolute atomic E-state index is 0.202. The van der Waals surface area contributed by atoms with Crippen molar-refractivity contribution in [1.82, 2.24) is 20.2 Å². The van der Waals surface area contributed by atoms with Crippen LogP contribution in [0.3, 0.4) is 0 Å². The fourth-order valence-electron chi connectivity index (χ4n) is 2.64. The summed E-state index contributed by atoms with van der Waals surface area (Å²) in [7, 11) is 0. The molecule has 0 spiro atoms. The van der Waals surface area contributed by atoms with Crippen LogP contribution in [0.1, 0.15) is 19.4 Å². The molecule has 0 aliphatic carbocycles. The zero-order valence-corrected chi connectivity index (χ0v) is 17.2. The van der Waals surface area contributed by atoms with Gasteiger partial charge in [0, 0.05) is 12.1 Å². The number of thioether (sulfide) groups is 1. The fourth-order valence-corrected chi connectivity index (χ4v) is 3.43. The minimum atomic E-state index is -0.205. The molecule has 0 fully saturated rings. The van der Waals surface area contributed by atoms with Crippen molar-refractivity contribution in [3.8, 4) is 17.1 Å². The Balaban J connectivity index is 1.53. The van der Waals surface area contributed by atoms with Crippen LogP contribution in [0.15, 0.2) is 64.9 Å². The van der Waals surface area contributed by atoms with Crippen LogP contribution < -0.4 is 10.2 Å². The summed E-state index contributed by atoms with van der Waals surface area (Å²) in [5, 5.41) is 13.2. The highest BCUT2D eigenvalue weighted by atomic mass is 32.2. The van der Waals surface area contributed by atoms with Crippen molar-refractivity contribution in [3.05, 3.63) is 60.2 Å². The molecule has 3 rings (SSSR count). The SMILES string of the molecule is CCOc1ccc(C=NNC(=O)CSc2nnc(-c3ccccc3)n2CC)cc1. The first kappa shape index (κ1) is 20.6. The number of amides is 1. The lowest BCUT2D eigenvalue weighted by Crippen LogP contribution is -2.20. The molecule has 1 heterocycles. The summed E-state index contributed by atoms with van der Waals surface area (Å²) in [6.07, 6.45) is 1.60. The smallest absolute Gasteiger partial charge is 0.250 e. The summed E-state index contributed by atoms with van der Waals surface area (Å²) < 4.78 is 7.39. The highest BCUT2D eigenvalue weighted by Gasteiger charge is 2.14. The van der Waals surface area contributed by atoms with Gasteiger partial charge in [0.2, 0.25) is 0 Å². The van der Waals surface area contributed by atoms with Crippen LogP contribution in [0.5, 0.6) is 5.75 Å². The Morgan fingerprint density at radius 2 is 1.90 bits per heavy atom. The van der Waals surface area contributed by atoms with E-state index in [1.165, 1.54) is 11.8 Å². The summed E-state index contributed by atoms with van der Waals surface area (Å²) in [5.41, 5.74) is 4.41. The molecule has 2 aromatic carbocycles. The highest BCUT2D eigenvalue weighted by Crippen LogP contribution is 2.23. The van der Waals surface area contributed by atoms with Gasteiger partial charge in [-0.25, -0.2) is 5.43 Å². The van der Waals surface area contributed by atoms with E-state index < -0.39 is 0 Å². The Labute approximate surface area is 174 Å². The first-order chi connectivity index (χ1) is 14.2. The number of nitrogens with zero attached hydrogens (tertiary/aromatic N) is 4. The van der Waals surface area contributed by atoms with Crippen molar-refractivity contribution in [2.75, 3.05) is 12.4 Å². The van der Waals surface area contributed by atoms with E-state index in [-0.39, 0.29) is 11.7 Å². The van der Waals surface area contributed by atoms with E-state index in [1.54, 1.807) is 6.21 Å². The first-order valence-corrected chi connectivity index (χ1v) is 10.4. The Bertz CT molecular complexity index is 955. The van der Waals surface area contributed by atoms with Gasteiger partial charge in [-0.15, -0.1) is 10.2 Å². The summed E-state index contributed by atoms with van der Waals surface area (Å²) in [5.74, 6) is 1.60. The van der Waals surface area contributed by atoms with Gasteiger partial charge in [-0.1, -0.05) is 42.1 Å². The van der Waals surface area contributed by atoms with Crippen LogP contribution in [-0.4, -0.2) is 39.2 Å². The summed E-state index contributed by atoms with van der Waals surface area (Å²) in [4.78, 5) is 12.1. The van der Waals surface area contributed by atoms with Gasteiger partial charge in [-0.2, -0.15) is 5.10 Å². The minimum Gasteiger partial charge on any atom is -0.494 e. The van der Waals surface area contributed by atoms with E-state index in [2.05, 4.69) is 20.7 Å². The highest BCUT2D eigenvalue weighted by molar-refractivity contribution is 7.99. The van der Waals surface area contributed by atoms with Crippen LogP contribution in [0.2, 0.25) is 0 Å². The second-order valence-electron chi connectivity index (χ2n) is 6.00. The maximum atomic E-state index is 12.1. The number of hydrazone groups is 1. The molecule has 29 heavy (non-hydrogen) atoms. The third-order valence-electron chi connectivity index (χ3n) is 3.99. The molecule has 0 bridgehead atoms. The lowest BCUT2D eigenvalue weighted by Gasteiger charge is -2.06. The molecular formula is C21H23N5O2S. The molecule has 1 aromatic heterocycles. The lowest BCUT2D eigenvalue weighted by molar-refractivity contribution is -0.118. The van der Waals surface area contributed by atoms with Gasteiger partial charge in [0.05, 0.1) is 18.6 Å². The molecule has 8 heteroatoms. The summed E-state index contributed by atoms with van der Waals surface area (Å²) >= 11 is 1.34. The predicted molar refractivity (Wildman–Crippen MR) is 115 cm³/mol. The standard InChI is InChI=1S/C21H23N5O2S/c1-3-26-20(17-8-6-5-7-9-17)24-25-21(26)29-15-19(27)23-22-14-16-10-12-18(13-11-16)28-4-2/h5-14H,3-4,15H2,1-2H3,(H,23,27). The molecule has 0 aliphatic rings. The maximum Gasteiger partial charge on any atom is 0.250 e. The number of carbonyl (C=O) groups is 1. The molecule has 3 aromatic rings. The first-order valence-electron chi connectivity index (χ1n) is 9.37. The van der Waals surface area contributed by atoms with Gasteiger partial charge in [0.25, 0.3) is 5.91 Å². The molecule has 0 saturated carbocycles. The van der Waals surface area contributed by atoms with E-state index in [4.69, 9.17) is 4.74 Å². The molecule has 1 N–H and O–H groups in total. The number of hydrogen-bond donors (Lipinski definition) is 1. The van der Waals surface area contributed by atoms with E-state index in [9.17, 15) is 4.79 Å². The van der Waals surface area contributed by atoms with Crippen LogP contribution in [-0.2, 0) is 11.3 Å². The summed E-state index contributed by atoms with van der Waals surface area (Å²) in [6, 6.07) is 17.4. The van der Waals surface area contributed by atoms with Crippen LogP contribution in [0.25, 0.3) is 11.4 Å². The number of rotatable bonds is 9. The maximum absolute atomic E-state index is 12.1. The Hall–Kier alpha value is -3.13. The molecule has 0 aliphatic heterocycles. The van der Waals surface area contributed by atoms with Gasteiger partial charge in [0.1, 0.15) is 5.75 Å². The van der Waals surface area contributed by atoms with E-state index in [0.29, 0.717) is 11.8 Å². The van der Waals surface area contributed by atoms with E-state index in [1.807, 2.05) is 73.0 Å². The van der Waals surface area contributed by atoms with Gasteiger partial charge in [-0.3, -0.25) is 4.79 Å². The van der Waals surface area contributed by atoms with Crippen LogP contribution in [0, 0.1) is 0 Å². The zero-order chi connectivity index (χ0) is 20.5. The van der Waals surface area contributed by atoms with Crippen molar-refractivity contribution < 1.29 is 9.53 Å². The molecular weight excluding hydrogens is 386 g/mol.